The van der Waals surface area contributed by atoms with Crippen LogP contribution in [-0.4, -0.2) is 38.5 Å². The number of nitrogens with zero attached hydrogens (tertiary/aromatic N) is 4. The number of amides is 1. The van der Waals surface area contributed by atoms with Gasteiger partial charge in [-0.2, -0.15) is 0 Å². The molecule has 154 valence electrons. The normalized spacial score (nSPS) is 17.3. The molecule has 0 bridgehead atoms. The zero-order valence-electron chi connectivity index (χ0n) is 16.6. The summed E-state index contributed by atoms with van der Waals surface area (Å²) in [6.07, 6.45) is 7.17. The van der Waals surface area contributed by atoms with Crippen molar-refractivity contribution in [3.05, 3.63) is 54.1 Å². The molecule has 3 aromatic rings. The molecule has 30 heavy (non-hydrogen) atoms. The Morgan fingerprint density at radius 1 is 1.10 bits per heavy atom. The zero-order valence-corrected chi connectivity index (χ0v) is 16.6. The second-order valence-corrected chi connectivity index (χ2v) is 7.61. The quantitative estimate of drug-likeness (QED) is 0.701. The molecule has 1 amide bonds. The molecule has 1 unspecified atom stereocenters. The molecule has 2 aliphatic heterocycles. The zero-order chi connectivity index (χ0) is 20.3. The maximum absolute atomic E-state index is 12.5. The summed E-state index contributed by atoms with van der Waals surface area (Å²) in [6.45, 7) is 1.05. The van der Waals surface area contributed by atoms with Crippen LogP contribution in [0, 0.1) is 0 Å². The Morgan fingerprint density at radius 2 is 1.97 bits per heavy atom. The average molecular weight is 405 g/mol. The molecule has 2 aromatic heterocycles. The maximum Gasteiger partial charge on any atom is 0.231 e. The van der Waals surface area contributed by atoms with Gasteiger partial charge in [0, 0.05) is 43.4 Å². The fourth-order valence-corrected chi connectivity index (χ4v) is 4.00. The molecule has 8 nitrogen and oxygen atoms in total. The first-order valence-electron chi connectivity index (χ1n) is 10.3. The van der Waals surface area contributed by atoms with E-state index >= 15 is 0 Å². The first kappa shape index (κ1) is 18.6. The van der Waals surface area contributed by atoms with E-state index in [0.717, 1.165) is 60.1 Å². The third-order valence-corrected chi connectivity index (χ3v) is 5.63. The van der Waals surface area contributed by atoms with Gasteiger partial charge >= 0.3 is 0 Å². The van der Waals surface area contributed by atoms with Crippen molar-refractivity contribution in [2.24, 2.45) is 0 Å². The Kier molecular flexibility index (Phi) is 5.04. The summed E-state index contributed by atoms with van der Waals surface area (Å²) in [5.41, 5.74) is 2.08. The van der Waals surface area contributed by atoms with Crippen LogP contribution in [-0.2, 0) is 24.2 Å². The van der Waals surface area contributed by atoms with Crippen molar-refractivity contribution in [3.8, 4) is 22.9 Å². The van der Waals surface area contributed by atoms with Gasteiger partial charge in [-0.05, 0) is 49.1 Å². The first-order valence-corrected chi connectivity index (χ1v) is 10.3. The predicted molar refractivity (Wildman–Crippen MR) is 109 cm³/mol. The number of aryl methyl sites for hydroxylation is 2. The summed E-state index contributed by atoms with van der Waals surface area (Å²) in [5.74, 6) is 3.43. The number of fused-ring (bicyclic) bond motifs is 2. The molecule has 0 aliphatic carbocycles. The average Bonchev–Trinajstić information content (AvgIpc) is 3.36. The minimum atomic E-state index is 0.0738. The number of rotatable bonds is 5. The molecule has 4 heterocycles. The van der Waals surface area contributed by atoms with E-state index in [4.69, 9.17) is 9.47 Å². The Hall–Kier alpha value is -3.42. The molecule has 0 spiro atoms. The van der Waals surface area contributed by atoms with Gasteiger partial charge in [0.2, 0.25) is 12.7 Å². The van der Waals surface area contributed by atoms with E-state index in [1.807, 2.05) is 30.3 Å². The van der Waals surface area contributed by atoms with Gasteiger partial charge in [0.05, 0.1) is 0 Å². The molecule has 1 N–H and O–H groups in total. The van der Waals surface area contributed by atoms with Gasteiger partial charge < -0.3 is 19.4 Å². The van der Waals surface area contributed by atoms with Crippen LogP contribution in [0.15, 0.2) is 42.7 Å². The van der Waals surface area contributed by atoms with Crippen molar-refractivity contribution in [2.75, 3.05) is 6.79 Å². The van der Waals surface area contributed by atoms with Crippen LogP contribution >= 0.6 is 0 Å². The van der Waals surface area contributed by atoms with Gasteiger partial charge in [-0.3, -0.25) is 9.78 Å². The Balaban J connectivity index is 1.17. The molecule has 0 radical (unpaired) electrons. The Morgan fingerprint density at radius 3 is 2.87 bits per heavy atom. The summed E-state index contributed by atoms with van der Waals surface area (Å²) in [7, 11) is 0. The van der Waals surface area contributed by atoms with Crippen LogP contribution in [0.1, 0.15) is 30.7 Å². The molecule has 1 aromatic carbocycles. The van der Waals surface area contributed by atoms with Crippen molar-refractivity contribution in [1.82, 2.24) is 25.1 Å². The van der Waals surface area contributed by atoms with Crippen molar-refractivity contribution in [3.63, 3.8) is 0 Å². The van der Waals surface area contributed by atoms with Crippen LogP contribution < -0.4 is 14.8 Å². The van der Waals surface area contributed by atoms with Crippen LogP contribution in [0.3, 0.4) is 0 Å². The third kappa shape index (κ3) is 3.85. The molecule has 2 aliphatic rings. The van der Waals surface area contributed by atoms with Crippen molar-refractivity contribution in [2.45, 2.75) is 44.7 Å². The highest BCUT2D eigenvalue weighted by Gasteiger charge is 2.22. The molecular weight excluding hydrogens is 382 g/mol. The number of hydrogen-bond acceptors (Lipinski definition) is 6. The van der Waals surface area contributed by atoms with E-state index in [9.17, 15) is 4.79 Å². The Bertz CT molecular complexity index is 1050. The number of ether oxygens (including phenoxy) is 2. The van der Waals surface area contributed by atoms with Crippen LogP contribution in [0.5, 0.6) is 11.5 Å². The Labute approximate surface area is 174 Å². The number of hydrogen-bond donors (Lipinski definition) is 1. The van der Waals surface area contributed by atoms with Gasteiger partial charge in [-0.1, -0.05) is 6.07 Å². The van der Waals surface area contributed by atoms with Gasteiger partial charge in [0.15, 0.2) is 17.3 Å². The second-order valence-electron chi connectivity index (χ2n) is 7.61. The van der Waals surface area contributed by atoms with E-state index in [0.29, 0.717) is 12.8 Å². The first-order chi connectivity index (χ1) is 14.8. The monoisotopic (exact) mass is 405 g/mol. The van der Waals surface area contributed by atoms with E-state index < -0.39 is 0 Å². The number of benzene rings is 1. The molecule has 0 fully saturated rings. The topological polar surface area (TPSA) is 91.2 Å². The van der Waals surface area contributed by atoms with Crippen LogP contribution in [0.4, 0.5) is 0 Å². The SMILES string of the molecule is O=C(CCc1ccc2c(c1)OCO2)NC1CCc2nnc(-c3ccncc3)n2CC1. The van der Waals surface area contributed by atoms with Crippen molar-refractivity contribution < 1.29 is 14.3 Å². The number of aromatic nitrogens is 4. The smallest absolute Gasteiger partial charge is 0.231 e. The number of pyridine rings is 1. The minimum Gasteiger partial charge on any atom is -0.454 e. The summed E-state index contributed by atoms with van der Waals surface area (Å²) in [6, 6.07) is 9.86. The lowest BCUT2D eigenvalue weighted by Crippen LogP contribution is -2.35. The summed E-state index contributed by atoms with van der Waals surface area (Å²) in [4.78, 5) is 16.6. The van der Waals surface area contributed by atoms with E-state index in [1.54, 1.807) is 12.4 Å². The lowest BCUT2D eigenvalue weighted by Gasteiger charge is -2.16. The lowest BCUT2D eigenvalue weighted by atomic mass is 10.1. The number of nitrogens with one attached hydrogen (secondary N) is 1. The van der Waals surface area contributed by atoms with Crippen LogP contribution in [0.2, 0.25) is 0 Å². The molecular formula is C22H23N5O3. The lowest BCUT2D eigenvalue weighted by molar-refractivity contribution is -0.121. The number of carbonyl (C=O) groups is 1. The standard InChI is InChI=1S/C22H23N5O3/c28-21(6-2-15-1-4-18-19(13-15)30-14-29-18)24-17-3-5-20-25-26-22(27(20)12-9-17)16-7-10-23-11-8-16/h1,4,7-8,10-11,13,17H,2-3,5-6,9,12,14H2,(H,24,28). The predicted octanol–water partition coefficient (Wildman–Crippen LogP) is 2.52. The molecule has 0 saturated heterocycles. The summed E-state index contributed by atoms with van der Waals surface area (Å²) in [5, 5.41) is 11.9. The molecule has 1 atom stereocenters. The largest absolute Gasteiger partial charge is 0.454 e. The highest BCUT2D eigenvalue weighted by atomic mass is 16.7. The highest BCUT2D eigenvalue weighted by Crippen LogP contribution is 2.32. The fourth-order valence-electron chi connectivity index (χ4n) is 4.00. The fraction of sp³-hybridized carbons (Fsp3) is 0.364. The highest BCUT2D eigenvalue weighted by molar-refractivity contribution is 5.76. The van der Waals surface area contributed by atoms with E-state index in [1.165, 1.54) is 0 Å². The maximum atomic E-state index is 12.5. The van der Waals surface area contributed by atoms with Gasteiger partial charge in [0.25, 0.3) is 0 Å². The molecule has 0 saturated carbocycles. The second kappa shape index (κ2) is 8.14. The van der Waals surface area contributed by atoms with Crippen LogP contribution in [0.25, 0.3) is 11.4 Å². The number of carbonyl (C=O) groups excluding carboxylic acids is 1. The van der Waals surface area contributed by atoms with E-state index in [-0.39, 0.29) is 18.7 Å². The third-order valence-electron chi connectivity index (χ3n) is 5.63. The van der Waals surface area contributed by atoms with Gasteiger partial charge in [-0.25, -0.2) is 0 Å². The molecule has 5 rings (SSSR count). The summed E-state index contributed by atoms with van der Waals surface area (Å²) >= 11 is 0. The van der Waals surface area contributed by atoms with Gasteiger partial charge in [0.1, 0.15) is 5.82 Å². The minimum absolute atomic E-state index is 0.0738. The van der Waals surface area contributed by atoms with Gasteiger partial charge in [-0.15, -0.1) is 10.2 Å². The summed E-state index contributed by atoms with van der Waals surface area (Å²) < 4.78 is 12.9. The van der Waals surface area contributed by atoms with Crippen molar-refractivity contribution in [1.29, 1.82) is 0 Å². The molecule has 8 heteroatoms. The van der Waals surface area contributed by atoms with Crippen molar-refractivity contribution >= 4 is 5.91 Å². The van der Waals surface area contributed by atoms with E-state index in [2.05, 4.69) is 25.1 Å².